The van der Waals surface area contributed by atoms with Gasteiger partial charge in [0.05, 0.1) is 41.4 Å². The molecule has 0 unspecified atom stereocenters. The molecule has 1 fully saturated rings. The zero-order chi connectivity index (χ0) is 33.4. The van der Waals surface area contributed by atoms with Crippen LogP contribution >= 0.6 is 0 Å². The summed E-state index contributed by atoms with van der Waals surface area (Å²) < 4.78 is 24.7. The Hall–Kier alpha value is -3.72. The first kappa shape index (κ1) is 35.8. The van der Waals surface area contributed by atoms with E-state index >= 15 is 0 Å². The van der Waals surface area contributed by atoms with Crippen LogP contribution in [0.15, 0.2) is 42.7 Å². The Bertz CT molecular complexity index is 1400. The van der Waals surface area contributed by atoms with Gasteiger partial charge in [0.15, 0.2) is 0 Å². The lowest BCUT2D eigenvalue weighted by atomic mass is 9.82. The number of ether oxygens (including phenoxy) is 2. The number of aromatic nitrogens is 2. The van der Waals surface area contributed by atoms with E-state index in [0.29, 0.717) is 29.9 Å². The van der Waals surface area contributed by atoms with E-state index < -0.39 is 5.60 Å². The Morgan fingerprint density at radius 1 is 1.09 bits per heavy atom. The van der Waals surface area contributed by atoms with Gasteiger partial charge in [-0.25, -0.2) is 4.39 Å². The number of rotatable bonds is 10. The summed E-state index contributed by atoms with van der Waals surface area (Å²) in [5.41, 5.74) is 5.70. The Morgan fingerprint density at radius 2 is 1.76 bits per heavy atom. The summed E-state index contributed by atoms with van der Waals surface area (Å²) in [6.07, 6.45) is 5.81. The molecule has 0 spiro atoms. The minimum absolute atomic E-state index is 0.171. The summed E-state index contributed by atoms with van der Waals surface area (Å²) in [6, 6.07) is 8.70. The van der Waals surface area contributed by atoms with Crippen molar-refractivity contribution in [3.05, 3.63) is 65.4 Å². The molecular formula is C36H51FN4O4. The molecule has 0 bridgehead atoms. The minimum atomic E-state index is -0.500. The molecule has 0 saturated carbocycles. The second-order valence-electron chi connectivity index (χ2n) is 13.7. The molecule has 4 rings (SSSR count). The summed E-state index contributed by atoms with van der Waals surface area (Å²) in [7, 11) is 0. The lowest BCUT2D eigenvalue weighted by Crippen LogP contribution is -2.38. The van der Waals surface area contributed by atoms with Crippen molar-refractivity contribution in [1.82, 2.24) is 9.97 Å². The fourth-order valence-corrected chi connectivity index (χ4v) is 4.91. The van der Waals surface area contributed by atoms with Gasteiger partial charge in [-0.3, -0.25) is 14.8 Å². The Kier molecular flexibility index (Phi) is 12.3. The third kappa shape index (κ3) is 11.6. The maximum absolute atomic E-state index is 13.5. The van der Waals surface area contributed by atoms with Gasteiger partial charge in [-0.15, -0.1) is 0 Å². The monoisotopic (exact) mass is 622 g/mol. The van der Waals surface area contributed by atoms with Crippen LogP contribution in [0, 0.1) is 25.1 Å². The SMILES string of the molecule is CC(C)(C)O.Cc1cc(OCCNc2ccc(-c3cnc(C)c(CC(=O)OC(C)C)c3N3CCC(C)(C)CC3)nc2)ccc1F. The van der Waals surface area contributed by atoms with Crippen LogP contribution in [0.5, 0.6) is 5.75 Å². The molecule has 9 heteroatoms. The van der Waals surface area contributed by atoms with Crippen LogP contribution in [0.1, 0.15) is 78.1 Å². The number of anilines is 2. The highest BCUT2D eigenvalue weighted by Gasteiger charge is 2.30. The molecule has 246 valence electrons. The number of nitrogens with zero attached hydrogens (tertiary/aromatic N) is 3. The van der Waals surface area contributed by atoms with Gasteiger partial charge in [0.1, 0.15) is 18.2 Å². The lowest BCUT2D eigenvalue weighted by Gasteiger charge is -2.40. The topological polar surface area (TPSA) is 96.8 Å². The van der Waals surface area contributed by atoms with Gasteiger partial charge in [-0.05, 0) is 103 Å². The van der Waals surface area contributed by atoms with Crippen LogP contribution in [-0.2, 0) is 16.0 Å². The second-order valence-corrected chi connectivity index (χ2v) is 13.7. The Balaban J connectivity index is 0.00000102. The number of aryl methyl sites for hydroxylation is 2. The van der Waals surface area contributed by atoms with Crippen molar-refractivity contribution in [1.29, 1.82) is 0 Å². The van der Waals surface area contributed by atoms with Crippen LogP contribution in [-0.4, -0.2) is 59.0 Å². The quantitative estimate of drug-likeness (QED) is 0.180. The van der Waals surface area contributed by atoms with Crippen LogP contribution in [0.25, 0.3) is 11.3 Å². The molecule has 1 saturated heterocycles. The number of hydrogen-bond acceptors (Lipinski definition) is 8. The number of halogens is 1. The molecule has 45 heavy (non-hydrogen) atoms. The number of esters is 1. The number of aliphatic hydroxyl groups is 1. The highest BCUT2D eigenvalue weighted by Crippen LogP contribution is 2.39. The summed E-state index contributed by atoms with van der Waals surface area (Å²) in [4.78, 5) is 24.5. The standard InChI is InChI=1S/C32H41FN4O3.C4H10O/c1-21(2)40-30(38)18-26-23(4)35-20-27(31(26)37-14-11-32(5,6)12-15-37)29-10-7-24(19-36-29)34-13-16-39-25-8-9-28(33)22(3)17-25;1-4(2,3)5/h7-10,17,19-21,34H,11-16,18H2,1-6H3;5H,1-3H3. The summed E-state index contributed by atoms with van der Waals surface area (Å²) in [5, 5.41) is 11.8. The van der Waals surface area contributed by atoms with Gasteiger partial charge in [-0.1, -0.05) is 13.8 Å². The fraction of sp³-hybridized carbons (Fsp3) is 0.528. The van der Waals surface area contributed by atoms with Crippen molar-refractivity contribution in [2.75, 3.05) is 36.5 Å². The molecule has 0 aliphatic carbocycles. The molecule has 2 aromatic heterocycles. The maximum atomic E-state index is 13.5. The zero-order valence-electron chi connectivity index (χ0n) is 28.5. The number of pyridine rings is 2. The summed E-state index contributed by atoms with van der Waals surface area (Å²) in [5.74, 6) is 0.152. The number of piperidine rings is 1. The molecule has 0 atom stereocenters. The predicted octanol–water partition coefficient (Wildman–Crippen LogP) is 7.29. The van der Waals surface area contributed by atoms with Gasteiger partial charge in [0.2, 0.25) is 0 Å². The lowest BCUT2D eigenvalue weighted by molar-refractivity contribution is -0.146. The van der Waals surface area contributed by atoms with Crippen molar-refractivity contribution in [2.24, 2.45) is 5.41 Å². The first-order valence-electron chi connectivity index (χ1n) is 15.8. The normalized spacial score (nSPS) is 14.4. The molecule has 1 aliphatic rings. The second kappa shape index (κ2) is 15.5. The molecule has 1 aliphatic heterocycles. The molecular weight excluding hydrogens is 571 g/mol. The largest absolute Gasteiger partial charge is 0.492 e. The highest BCUT2D eigenvalue weighted by molar-refractivity contribution is 5.84. The van der Waals surface area contributed by atoms with Crippen molar-refractivity contribution < 1.29 is 23.8 Å². The number of nitrogens with one attached hydrogen (secondary N) is 1. The smallest absolute Gasteiger partial charge is 0.310 e. The van der Waals surface area contributed by atoms with Crippen molar-refractivity contribution in [3.63, 3.8) is 0 Å². The van der Waals surface area contributed by atoms with Crippen LogP contribution < -0.4 is 15.0 Å². The van der Waals surface area contributed by atoms with Gasteiger partial charge >= 0.3 is 5.97 Å². The predicted molar refractivity (Wildman–Crippen MR) is 179 cm³/mol. The zero-order valence-corrected chi connectivity index (χ0v) is 28.5. The number of carbonyl (C=O) groups is 1. The highest BCUT2D eigenvalue weighted by atomic mass is 19.1. The number of hydrogen-bond donors (Lipinski definition) is 2. The summed E-state index contributed by atoms with van der Waals surface area (Å²) >= 11 is 0. The first-order chi connectivity index (χ1) is 21.0. The van der Waals surface area contributed by atoms with E-state index in [2.05, 4.69) is 29.0 Å². The maximum Gasteiger partial charge on any atom is 0.310 e. The molecule has 8 nitrogen and oxygen atoms in total. The third-order valence-corrected chi connectivity index (χ3v) is 7.36. The van der Waals surface area contributed by atoms with E-state index in [0.717, 1.165) is 59.8 Å². The van der Waals surface area contributed by atoms with Crippen LogP contribution in [0.3, 0.4) is 0 Å². The average molecular weight is 623 g/mol. The molecule has 0 amide bonds. The third-order valence-electron chi connectivity index (χ3n) is 7.36. The van der Waals surface area contributed by atoms with E-state index in [-0.39, 0.29) is 24.3 Å². The van der Waals surface area contributed by atoms with E-state index in [1.54, 1.807) is 46.0 Å². The molecule has 0 radical (unpaired) electrons. The van der Waals surface area contributed by atoms with E-state index in [4.69, 9.17) is 19.6 Å². The Labute approximate surface area is 268 Å². The van der Waals surface area contributed by atoms with Crippen molar-refractivity contribution in [2.45, 2.75) is 93.3 Å². The van der Waals surface area contributed by atoms with E-state index in [1.807, 2.05) is 39.1 Å². The van der Waals surface area contributed by atoms with E-state index in [1.165, 1.54) is 6.07 Å². The van der Waals surface area contributed by atoms with E-state index in [9.17, 15) is 9.18 Å². The van der Waals surface area contributed by atoms with Crippen molar-refractivity contribution >= 4 is 17.3 Å². The number of benzene rings is 1. The van der Waals surface area contributed by atoms with Gasteiger partial charge in [0, 0.05) is 42.7 Å². The minimum Gasteiger partial charge on any atom is -0.492 e. The molecule has 3 aromatic rings. The van der Waals surface area contributed by atoms with Crippen LogP contribution in [0.2, 0.25) is 0 Å². The van der Waals surface area contributed by atoms with Crippen LogP contribution in [0.4, 0.5) is 15.8 Å². The Morgan fingerprint density at radius 3 is 2.33 bits per heavy atom. The van der Waals surface area contributed by atoms with Gasteiger partial charge < -0.3 is 24.8 Å². The fourth-order valence-electron chi connectivity index (χ4n) is 4.91. The summed E-state index contributed by atoms with van der Waals surface area (Å²) in [6.45, 7) is 20.1. The first-order valence-corrected chi connectivity index (χ1v) is 15.8. The van der Waals surface area contributed by atoms with Gasteiger partial charge in [0.25, 0.3) is 0 Å². The van der Waals surface area contributed by atoms with Crippen molar-refractivity contribution in [3.8, 4) is 17.0 Å². The van der Waals surface area contributed by atoms with Gasteiger partial charge in [-0.2, -0.15) is 0 Å². The molecule has 2 N–H and O–H groups in total. The average Bonchev–Trinajstić information content (AvgIpc) is 2.93. The molecule has 1 aromatic carbocycles. The number of carbonyl (C=O) groups excluding carboxylic acids is 1. The molecule has 3 heterocycles.